The van der Waals surface area contributed by atoms with Gasteiger partial charge >= 0.3 is 5.97 Å². The summed E-state index contributed by atoms with van der Waals surface area (Å²) in [5.41, 5.74) is 1.96. The van der Waals surface area contributed by atoms with Gasteiger partial charge in [-0.2, -0.15) is 0 Å². The molecule has 0 saturated carbocycles. The number of allylic oxidation sites excluding steroid dienone is 1. The Morgan fingerprint density at radius 2 is 1.88 bits per heavy atom. The van der Waals surface area contributed by atoms with Gasteiger partial charge in [-0.05, 0) is 42.8 Å². The molecular weight excluding hydrogens is 430 g/mol. The van der Waals surface area contributed by atoms with Crippen LogP contribution in [0.15, 0.2) is 63.8 Å². The number of benzene rings is 1. The SMILES string of the molecule is COC(=O)C1=C(C)N=c2sc(=Cc3ccncc3)c(=O)n2C1c1ccc(OC)cc1OC. The highest BCUT2D eigenvalue weighted by Crippen LogP contribution is 2.37. The Morgan fingerprint density at radius 1 is 1.12 bits per heavy atom. The lowest BCUT2D eigenvalue weighted by Gasteiger charge is -2.25. The van der Waals surface area contributed by atoms with Crippen molar-refractivity contribution in [2.24, 2.45) is 4.99 Å². The van der Waals surface area contributed by atoms with E-state index in [0.717, 1.165) is 5.56 Å². The van der Waals surface area contributed by atoms with Crippen molar-refractivity contribution in [3.8, 4) is 11.5 Å². The molecule has 3 aromatic rings. The maximum absolute atomic E-state index is 13.5. The first kappa shape index (κ1) is 21.5. The van der Waals surface area contributed by atoms with Crippen LogP contribution in [0.5, 0.6) is 11.5 Å². The van der Waals surface area contributed by atoms with Crippen molar-refractivity contribution in [1.82, 2.24) is 9.55 Å². The van der Waals surface area contributed by atoms with Crippen LogP contribution in [0.2, 0.25) is 0 Å². The first-order chi connectivity index (χ1) is 15.5. The quantitative estimate of drug-likeness (QED) is 0.550. The lowest BCUT2D eigenvalue weighted by molar-refractivity contribution is -0.136. The minimum absolute atomic E-state index is 0.262. The standard InChI is InChI=1S/C23H21N3O5S/c1-13-19(22(28)31-4)20(16-6-5-15(29-2)12-17(16)30-3)26-21(27)18(32-23(26)25-13)11-14-7-9-24-10-8-14/h5-12,20H,1-4H3. The average Bonchev–Trinajstić information content (AvgIpc) is 3.12. The third kappa shape index (κ3) is 3.71. The predicted octanol–water partition coefficient (Wildman–Crippen LogP) is 1.82. The number of nitrogens with zero attached hydrogens (tertiary/aromatic N) is 3. The number of esters is 1. The molecule has 8 nitrogen and oxygen atoms in total. The fourth-order valence-corrected chi connectivity index (χ4v) is 4.69. The summed E-state index contributed by atoms with van der Waals surface area (Å²) in [4.78, 5) is 35.3. The van der Waals surface area contributed by atoms with Crippen LogP contribution in [-0.4, -0.2) is 36.8 Å². The summed E-state index contributed by atoms with van der Waals surface area (Å²) in [7, 11) is 4.39. The van der Waals surface area contributed by atoms with E-state index in [2.05, 4.69) is 9.98 Å². The molecule has 0 aliphatic carbocycles. The predicted molar refractivity (Wildman–Crippen MR) is 120 cm³/mol. The van der Waals surface area contributed by atoms with Gasteiger partial charge in [-0.3, -0.25) is 14.3 Å². The Labute approximate surface area is 187 Å². The summed E-state index contributed by atoms with van der Waals surface area (Å²) in [6.07, 6.45) is 5.10. The molecule has 0 radical (unpaired) electrons. The van der Waals surface area contributed by atoms with Crippen molar-refractivity contribution in [2.75, 3.05) is 21.3 Å². The van der Waals surface area contributed by atoms with Crippen LogP contribution in [0.25, 0.3) is 6.08 Å². The van der Waals surface area contributed by atoms with Crippen molar-refractivity contribution in [2.45, 2.75) is 13.0 Å². The number of pyridine rings is 1. The Balaban J connectivity index is 2.01. The van der Waals surface area contributed by atoms with Gasteiger partial charge in [-0.25, -0.2) is 9.79 Å². The molecule has 3 heterocycles. The molecular formula is C23H21N3O5S. The van der Waals surface area contributed by atoms with Gasteiger partial charge in [0.1, 0.15) is 17.5 Å². The normalized spacial score (nSPS) is 15.8. The third-order valence-electron chi connectivity index (χ3n) is 5.17. The highest BCUT2D eigenvalue weighted by atomic mass is 32.1. The molecule has 0 amide bonds. The number of hydrogen-bond acceptors (Lipinski definition) is 8. The third-order valence-corrected chi connectivity index (χ3v) is 6.15. The largest absolute Gasteiger partial charge is 0.497 e. The van der Waals surface area contributed by atoms with E-state index >= 15 is 0 Å². The molecule has 0 fully saturated rings. The lowest BCUT2D eigenvalue weighted by Crippen LogP contribution is -2.40. The summed E-state index contributed by atoms with van der Waals surface area (Å²) in [6, 6.07) is 8.12. The van der Waals surface area contributed by atoms with Crippen LogP contribution in [0.1, 0.15) is 24.1 Å². The Kier molecular flexibility index (Phi) is 5.91. The van der Waals surface area contributed by atoms with Crippen molar-refractivity contribution >= 4 is 23.4 Å². The van der Waals surface area contributed by atoms with E-state index in [1.54, 1.807) is 50.7 Å². The Morgan fingerprint density at radius 3 is 2.53 bits per heavy atom. The molecule has 32 heavy (non-hydrogen) atoms. The van der Waals surface area contributed by atoms with Gasteiger partial charge in [0, 0.05) is 24.0 Å². The number of carbonyl (C=O) groups is 1. The van der Waals surface area contributed by atoms with Gasteiger partial charge in [0.2, 0.25) is 0 Å². The molecule has 4 rings (SSSR count). The summed E-state index contributed by atoms with van der Waals surface area (Å²) < 4.78 is 17.9. The molecule has 0 N–H and O–H groups in total. The summed E-state index contributed by atoms with van der Waals surface area (Å²) in [6.45, 7) is 1.73. The zero-order valence-corrected chi connectivity index (χ0v) is 18.8. The van der Waals surface area contributed by atoms with E-state index < -0.39 is 12.0 Å². The maximum Gasteiger partial charge on any atom is 0.338 e. The number of fused-ring (bicyclic) bond motifs is 1. The van der Waals surface area contributed by atoms with Crippen LogP contribution < -0.4 is 24.4 Å². The van der Waals surface area contributed by atoms with Crippen LogP contribution in [-0.2, 0) is 9.53 Å². The number of methoxy groups -OCH3 is 3. The van der Waals surface area contributed by atoms with Crippen molar-refractivity contribution < 1.29 is 19.0 Å². The fraction of sp³-hybridized carbons (Fsp3) is 0.217. The summed E-state index contributed by atoms with van der Waals surface area (Å²) in [5.74, 6) is 0.516. The number of rotatable bonds is 5. The van der Waals surface area contributed by atoms with Gasteiger partial charge in [-0.1, -0.05) is 11.3 Å². The number of carbonyl (C=O) groups excluding carboxylic acids is 1. The van der Waals surface area contributed by atoms with E-state index in [9.17, 15) is 9.59 Å². The van der Waals surface area contributed by atoms with Crippen molar-refractivity contribution in [1.29, 1.82) is 0 Å². The van der Waals surface area contributed by atoms with E-state index in [1.807, 2.05) is 12.1 Å². The molecule has 0 bridgehead atoms. The summed E-state index contributed by atoms with van der Waals surface area (Å²) in [5, 5.41) is 0. The highest BCUT2D eigenvalue weighted by molar-refractivity contribution is 7.07. The Bertz CT molecular complexity index is 1390. The molecule has 1 aliphatic heterocycles. The average molecular weight is 452 g/mol. The Hall–Kier alpha value is -3.72. The fourth-order valence-electron chi connectivity index (χ4n) is 3.64. The second-order valence-corrected chi connectivity index (χ2v) is 7.97. The lowest BCUT2D eigenvalue weighted by atomic mass is 9.95. The van der Waals surface area contributed by atoms with Crippen molar-refractivity contribution in [3.05, 3.63) is 84.8 Å². The summed E-state index contributed by atoms with van der Waals surface area (Å²) >= 11 is 1.26. The molecule has 1 atom stereocenters. The van der Waals surface area contributed by atoms with E-state index in [4.69, 9.17) is 14.2 Å². The van der Waals surface area contributed by atoms with Gasteiger partial charge in [0.25, 0.3) is 5.56 Å². The minimum Gasteiger partial charge on any atom is -0.497 e. The first-order valence-corrected chi connectivity index (χ1v) is 10.5. The molecule has 0 saturated heterocycles. The second-order valence-electron chi connectivity index (χ2n) is 6.96. The van der Waals surface area contributed by atoms with Crippen LogP contribution in [0.3, 0.4) is 0 Å². The monoisotopic (exact) mass is 451 g/mol. The number of ether oxygens (including phenoxy) is 3. The molecule has 2 aromatic heterocycles. The molecule has 0 spiro atoms. The molecule has 1 aromatic carbocycles. The highest BCUT2D eigenvalue weighted by Gasteiger charge is 2.35. The van der Waals surface area contributed by atoms with Crippen LogP contribution >= 0.6 is 11.3 Å². The molecule has 1 aliphatic rings. The second kappa shape index (κ2) is 8.80. The molecule has 164 valence electrons. The smallest absolute Gasteiger partial charge is 0.338 e. The zero-order valence-electron chi connectivity index (χ0n) is 18.0. The van der Waals surface area contributed by atoms with Crippen LogP contribution in [0, 0.1) is 0 Å². The minimum atomic E-state index is -0.765. The first-order valence-electron chi connectivity index (χ1n) is 9.71. The number of thiazole rings is 1. The topological polar surface area (TPSA) is 92.0 Å². The maximum atomic E-state index is 13.5. The van der Waals surface area contributed by atoms with Gasteiger partial charge in [0.05, 0.1) is 37.1 Å². The van der Waals surface area contributed by atoms with E-state index in [1.165, 1.54) is 30.1 Å². The zero-order chi connectivity index (χ0) is 22.8. The molecule has 1 unspecified atom stereocenters. The number of aromatic nitrogens is 2. The van der Waals surface area contributed by atoms with Gasteiger partial charge in [0.15, 0.2) is 4.80 Å². The number of hydrogen-bond donors (Lipinski definition) is 0. The van der Waals surface area contributed by atoms with Crippen molar-refractivity contribution in [3.63, 3.8) is 0 Å². The molecule has 9 heteroatoms. The van der Waals surface area contributed by atoms with Crippen LogP contribution in [0.4, 0.5) is 0 Å². The van der Waals surface area contributed by atoms with Gasteiger partial charge < -0.3 is 14.2 Å². The van der Waals surface area contributed by atoms with Gasteiger partial charge in [-0.15, -0.1) is 0 Å². The van der Waals surface area contributed by atoms with E-state index in [-0.39, 0.29) is 11.1 Å². The van der Waals surface area contributed by atoms with E-state index in [0.29, 0.717) is 32.1 Å².